The molecule has 30 heavy (non-hydrogen) atoms. The third-order valence-corrected chi connectivity index (χ3v) is 7.09. The summed E-state index contributed by atoms with van der Waals surface area (Å²) in [6, 6.07) is 6.25. The van der Waals surface area contributed by atoms with Crippen LogP contribution >= 0.6 is 0 Å². The molecule has 2 aliphatic heterocycles. The molecule has 2 aromatic heterocycles. The standard InChI is InChI=1S/C26H33N3O/c1-16(2)23-18-11-8-6-4-5-7-10-17-14-19(23)25(28-17)24(18)26-22(30-3)15-21(29-26)20-12-9-13-27-20/h9,12-16,18,23,27,29H,4-8,10-11H2,1-3H3. The van der Waals surface area contributed by atoms with Crippen molar-refractivity contribution in [2.45, 2.75) is 58.8 Å². The largest absolute Gasteiger partial charge is 0.494 e. The highest BCUT2D eigenvalue weighted by Crippen LogP contribution is 2.55. The Balaban J connectivity index is 1.67. The van der Waals surface area contributed by atoms with E-state index < -0.39 is 0 Å². The Morgan fingerprint density at radius 3 is 2.70 bits per heavy atom. The fourth-order valence-corrected chi connectivity index (χ4v) is 5.75. The van der Waals surface area contributed by atoms with Gasteiger partial charge in [0.2, 0.25) is 0 Å². The van der Waals surface area contributed by atoms with E-state index in [-0.39, 0.29) is 0 Å². The maximum absolute atomic E-state index is 5.87. The number of rotatable bonds is 4. The molecule has 4 aliphatic rings. The van der Waals surface area contributed by atoms with Crippen molar-refractivity contribution in [1.82, 2.24) is 9.97 Å². The minimum absolute atomic E-state index is 0.500. The summed E-state index contributed by atoms with van der Waals surface area (Å²) in [5.41, 5.74) is 8.63. The van der Waals surface area contributed by atoms with Gasteiger partial charge in [-0.25, -0.2) is 0 Å². The van der Waals surface area contributed by atoms with Gasteiger partial charge in [0, 0.05) is 23.5 Å². The number of nitrogens with one attached hydrogen (secondary N) is 2. The molecular weight excluding hydrogens is 370 g/mol. The van der Waals surface area contributed by atoms with Crippen LogP contribution < -0.4 is 4.74 Å². The molecule has 2 aliphatic carbocycles. The molecule has 0 aromatic carbocycles. The number of methoxy groups -OCH3 is 1. The van der Waals surface area contributed by atoms with E-state index in [1.165, 1.54) is 61.1 Å². The average Bonchev–Trinajstić information content (AvgIpc) is 3.47. The molecule has 0 amide bonds. The number of aliphatic imine (C=N–C) groups is 1. The van der Waals surface area contributed by atoms with Crippen LogP contribution in [0.25, 0.3) is 17.0 Å². The van der Waals surface area contributed by atoms with Crippen LogP contribution in [-0.2, 0) is 0 Å². The number of nitrogens with zero attached hydrogens (tertiary/aromatic N) is 1. The Morgan fingerprint density at radius 1 is 1.10 bits per heavy atom. The lowest BCUT2D eigenvalue weighted by molar-refractivity contribution is 0.345. The smallest absolute Gasteiger partial charge is 0.144 e. The monoisotopic (exact) mass is 403 g/mol. The Bertz CT molecular complexity index is 1000. The normalized spacial score (nSPS) is 24.1. The first kappa shape index (κ1) is 19.5. The zero-order valence-electron chi connectivity index (χ0n) is 18.4. The molecule has 0 saturated carbocycles. The number of ether oxygens (including phenoxy) is 1. The van der Waals surface area contributed by atoms with Crippen LogP contribution in [-0.4, -0.2) is 22.8 Å². The molecule has 2 aromatic rings. The van der Waals surface area contributed by atoms with Gasteiger partial charge in [0.25, 0.3) is 0 Å². The molecule has 6 rings (SSSR count). The van der Waals surface area contributed by atoms with Crippen molar-refractivity contribution in [2.24, 2.45) is 22.7 Å². The Morgan fingerprint density at radius 2 is 1.93 bits per heavy atom. The number of aromatic nitrogens is 2. The van der Waals surface area contributed by atoms with Gasteiger partial charge in [0.15, 0.2) is 0 Å². The maximum Gasteiger partial charge on any atom is 0.144 e. The van der Waals surface area contributed by atoms with E-state index in [0.717, 1.165) is 29.3 Å². The number of allylic oxidation sites excluding steroid dienone is 3. The molecule has 2 N–H and O–H groups in total. The number of aromatic amines is 2. The summed E-state index contributed by atoms with van der Waals surface area (Å²) < 4.78 is 5.87. The summed E-state index contributed by atoms with van der Waals surface area (Å²) >= 11 is 0. The highest BCUT2D eigenvalue weighted by molar-refractivity contribution is 6.03. The van der Waals surface area contributed by atoms with Crippen molar-refractivity contribution >= 4 is 11.3 Å². The summed E-state index contributed by atoms with van der Waals surface area (Å²) in [5.74, 6) is 2.55. The van der Waals surface area contributed by atoms with Gasteiger partial charge < -0.3 is 14.7 Å². The average molecular weight is 404 g/mol. The predicted molar refractivity (Wildman–Crippen MR) is 124 cm³/mol. The topological polar surface area (TPSA) is 53.2 Å². The lowest BCUT2D eigenvalue weighted by Gasteiger charge is -2.27. The lowest BCUT2D eigenvalue weighted by Crippen LogP contribution is -2.19. The summed E-state index contributed by atoms with van der Waals surface area (Å²) in [6.45, 7) is 4.75. The van der Waals surface area contributed by atoms with E-state index in [4.69, 9.17) is 9.73 Å². The van der Waals surface area contributed by atoms with Gasteiger partial charge in [-0.1, -0.05) is 39.5 Å². The van der Waals surface area contributed by atoms with E-state index in [9.17, 15) is 0 Å². The van der Waals surface area contributed by atoms with E-state index in [2.05, 4.69) is 42.0 Å². The second kappa shape index (κ2) is 7.98. The predicted octanol–water partition coefficient (Wildman–Crippen LogP) is 6.76. The SMILES string of the molecule is COc1cc(-c2ccc[nH]2)[nH]c1C1=C2N=C3C=C2C(C(C)C)C1CCCCCCC3. The number of fused-ring (bicyclic) bond motifs is 6. The minimum atomic E-state index is 0.500. The molecule has 0 fully saturated rings. The van der Waals surface area contributed by atoms with Crippen molar-refractivity contribution < 1.29 is 4.74 Å². The molecule has 0 spiro atoms. The molecule has 0 radical (unpaired) electrons. The Labute approximate surface area is 179 Å². The molecule has 4 nitrogen and oxygen atoms in total. The van der Waals surface area contributed by atoms with Gasteiger partial charge in [-0.3, -0.25) is 4.99 Å². The van der Waals surface area contributed by atoms with Crippen LogP contribution in [0.1, 0.15) is 64.5 Å². The van der Waals surface area contributed by atoms with Gasteiger partial charge in [0.05, 0.1) is 29.9 Å². The summed E-state index contributed by atoms with van der Waals surface area (Å²) in [6.07, 6.45) is 13.3. The van der Waals surface area contributed by atoms with Crippen LogP contribution in [0.2, 0.25) is 0 Å². The molecule has 4 heterocycles. The zero-order chi connectivity index (χ0) is 20.7. The molecule has 4 heteroatoms. The minimum Gasteiger partial charge on any atom is -0.494 e. The van der Waals surface area contributed by atoms with E-state index >= 15 is 0 Å². The summed E-state index contributed by atoms with van der Waals surface area (Å²) in [7, 11) is 1.78. The van der Waals surface area contributed by atoms with Crippen molar-refractivity contribution in [1.29, 1.82) is 0 Å². The van der Waals surface area contributed by atoms with Crippen LogP contribution in [0.4, 0.5) is 0 Å². The maximum atomic E-state index is 5.87. The third-order valence-electron chi connectivity index (χ3n) is 7.09. The first-order chi connectivity index (χ1) is 14.7. The molecule has 2 atom stereocenters. The first-order valence-corrected chi connectivity index (χ1v) is 11.6. The van der Waals surface area contributed by atoms with Gasteiger partial charge in [-0.2, -0.15) is 0 Å². The quantitative estimate of drug-likeness (QED) is 0.582. The second-order valence-corrected chi connectivity index (χ2v) is 9.36. The highest BCUT2D eigenvalue weighted by Gasteiger charge is 2.43. The van der Waals surface area contributed by atoms with Gasteiger partial charge >= 0.3 is 0 Å². The Hall–Kier alpha value is -2.49. The van der Waals surface area contributed by atoms with Crippen LogP contribution in [0.15, 0.2) is 46.7 Å². The van der Waals surface area contributed by atoms with Crippen molar-refractivity contribution in [3.63, 3.8) is 0 Å². The van der Waals surface area contributed by atoms with Crippen molar-refractivity contribution in [3.8, 4) is 17.1 Å². The van der Waals surface area contributed by atoms with Gasteiger partial charge in [-0.15, -0.1) is 0 Å². The fraction of sp³-hybridized carbons (Fsp3) is 0.500. The summed E-state index contributed by atoms with van der Waals surface area (Å²) in [4.78, 5) is 12.2. The van der Waals surface area contributed by atoms with E-state index in [1.54, 1.807) is 7.11 Å². The zero-order valence-corrected chi connectivity index (χ0v) is 18.4. The molecule has 4 bridgehead atoms. The number of H-pyrrole nitrogens is 2. The van der Waals surface area contributed by atoms with Crippen LogP contribution in [0, 0.1) is 17.8 Å². The Kier molecular flexibility index (Phi) is 5.18. The number of hydrogen-bond donors (Lipinski definition) is 2. The van der Waals surface area contributed by atoms with E-state index in [0.29, 0.717) is 17.8 Å². The van der Waals surface area contributed by atoms with Crippen molar-refractivity contribution in [2.75, 3.05) is 7.11 Å². The number of hydrogen-bond acceptors (Lipinski definition) is 2. The lowest BCUT2D eigenvalue weighted by atomic mass is 9.77. The molecule has 0 saturated heterocycles. The molecular formula is C26H33N3O. The van der Waals surface area contributed by atoms with Crippen molar-refractivity contribution in [3.05, 3.63) is 47.4 Å². The highest BCUT2D eigenvalue weighted by atomic mass is 16.5. The van der Waals surface area contributed by atoms with Crippen LogP contribution in [0.3, 0.4) is 0 Å². The van der Waals surface area contributed by atoms with E-state index in [1.807, 2.05) is 12.3 Å². The molecule has 158 valence electrons. The fourth-order valence-electron chi connectivity index (χ4n) is 5.75. The van der Waals surface area contributed by atoms with Crippen LogP contribution in [0.5, 0.6) is 5.75 Å². The summed E-state index contributed by atoms with van der Waals surface area (Å²) in [5, 5.41) is 0. The third kappa shape index (κ3) is 3.27. The van der Waals surface area contributed by atoms with Gasteiger partial charge in [-0.05, 0) is 60.8 Å². The first-order valence-electron chi connectivity index (χ1n) is 11.6. The molecule has 2 unspecified atom stereocenters. The van der Waals surface area contributed by atoms with Gasteiger partial charge in [0.1, 0.15) is 5.75 Å². The second-order valence-electron chi connectivity index (χ2n) is 9.36.